The van der Waals surface area contributed by atoms with Crippen molar-refractivity contribution < 1.29 is 36.7 Å². The number of fused-ring (bicyclic) bond motifs is 1. The number of carbonyl (C=O) groups is 3. The van der Waals surface area contributed by atoms with Gasteiger partial charge in [-0.25, -0.2) is 22.9 Å². The number of nitrogens with one attached hydrogen (secondary N) is 2. The molecule has 4 rings (SSSR count). The molecule has 12 heteroatoms. The SMILES string of the molecule is Cc1ccc(C(=O)OCC(=O)Nc2nc3c(F)c(F)c(F)cc3s2)cc1NC(=O)c1ccco1. The van der Waals surface area contributed by atoms with Crippen LogP contribution in [-0.4, -0.2) is 29.4 Å². The molecule has 0 spiro atoms. The Morgan fingerprint density at radius 2 is 1.88 bits per heavy atom. The lowest BCUT2D eigenvalue weighted by Gasteiger charge is -2.10. The number of hydrogen-bond acceptors (Lipinski definition) is 7. The Bertz CT molecular complexity index is 1420. The molecule has 2 aromatic heterocycles. The minimum atomic E-state index is -1.66. The zero-order chi connectivity index (χ0) is 24.4. The number of aryl methyl sites for hydroxylation is 1. The molecule has 2 N–H and O–H groups in total. The summed E-state index contributed by atoms with van der Waals surface area (Å²) in [5.41, 5.74) is 0.655. The molecule has 0 bridgehead atoms. The lowest BCUT2D eigenvalue weighted by Crippen LogP contribution is -2.21. The number of benzene rings is 2. The lowest BCUT2D eigenvalue weighted by atomic mass is 10.1. The van der Waals surface area contributed by atoms with Gasteiger partial charge >= 0.3 is 5.97 Å². The molecule has 174 valence electrons. The number of halogens is 3. The fourth-order valence-electron chi connectivity index (χ4n) is 2.87. The number of furan rings is 1. The number of nitrogens with zero attached hydrogens (tertiary/aromatic N) is 1. The van der Waals surface area contributed by atoms with Crippen molar-refractivity contribution in [2.24, 2.45) is 0 Å². The summed E-state index contributed by atoms with van der Waals surface area (Å²) in [6, 6.07) is 8.23. The van der Waals surface area contributed by atoms with Crippen molar-refractivity contribution in [1.82, 2.24) is 4.98 Å². The number of hydrogen-bond donors (Lipinski definition) is 2. The van der Waals surface area contributed by atoms with Crippen molar-refractivity contribution >= 4 is 50.2 Å². The average Bonchev–Trinajstić information content (AvgIpc) is 3.48. The molecule has 0 atom stereocenters. The van der Waals surface area contributed by atoms with Crippen LogP contribution in [0.3, 0.4) is 0 Å². The van der Waals surface area contributed by atoms with Crippen molar-refractivity contribution in [3.05, 3.63) is 77.0 Å². The molecule has 2 amide bonds. The molecular weight excluding hydrogens is 475 g/mol. The largest absolute Gasteiger partial charge is 0.459 e. The minimum Gasteiger partial charge on any atom is -0.459 e. The Morgan fingerprint density at radius 1 is 1.09 bits per heavy atom. The van der Waals surface area contributed by atoms with E-state index in [4.69, 9.17) is 9.15 Å². The van der Waals surface area contributed by atoms with Gasteiger partial charge in [-0.15, -0.1) is 0 Å². The predicted molar refractivity (Wildman–Crippen MR) is 116 cm³/mol. The highest BCUT2D eigenvalue weighted by molar-refractivity contribution is 7.22. The summed E-state index contributed by atoms with van der Waals surface area (Å²) in [7, 11) is 0. The van der Waals surface area contributed by atoms with Crippen LogP contribution in [0.25, 0.3) is 10.2 Å². The zero-order valence-electron chi connectivity index (χ0n) is 17.3. The fourth-order valence-corrected chi connectivity index (χ4v) is 3.78. The van der Waals surface area contributed by atoms with Crippen molar-refractivity contribution in [2.45, 2.75) is 6.92 Å². The molecule has 0 saturated heterocycles. The highest BCUT2D eigenvalue weighted by Crippen LogP contribution is 2.30. The quantitative estimate of drug-likeness (QED) is 0.301. The van der Waals surface area contributed by atoms with Gasteiger partial charge in [0.15, 0.2) is 35.0 Å². The molecule has 0 aliphatic carbocycles. The predicted octanol–water partition coefficient (Wildman–Crippen LogP) is 4.66. The van der Waals surface area contributed by atoms with Crippen LogP contribution in [-0.2, 0) is 9.53 Å². The molecule has 4 aromatic rings. The molecule has 2 aromatic carbocycles. The number of anilines is 2. The van der Waals surface area contributed by atoms with Gasteiger partial charge in [0.05, 0.1) is 16.5 Å². The van der Waals surface area contributed by atoms with Crippen LogP contribution < -0.4 is 10.6 Å². The van der Waals surface area contributed by atoms with E-state index in [0.29, 0.717) is 11.3 Å². The first-order chi connectivity index (χ1) is 16.2. The summed E-state index contributed by atoms with van der Waals surface area (Å²) >= 11 is 0.723. The second kappa shape index (κ2) is 9.35. The van der Waals surface area contributed by atoms with Crippen LogP contribution in [0.5, 0.6) is 0 Å². The van der Waals surface area contributed by atoms with Gasteiger partial charge in [-0.2, -0.15) is 0 Å². The van der Waals surface area contributed by atoms with Crippen LogP contribution in [0.2, 0.25) is 0 Å². The Hall–Kier alpha value is -4.19. The van der Waals surface area contributed by atoms with Gasteiger partial charge < -0.3 is 14.5 Å². The highest BCUT2D eigenvalue weighted by atomic mass is 32.1. The van der Waals surface area contributed by atoms with Crippen molar-refractivity contribution in [3.8, 4) is 0 Å². The third kappa shape index (κ3) is 4.76. The summed E-state index contributed by atoms with van der Waals surface area (Å²) < 4.78 is 50.5. The third-order valence-electron chi connectivity index (χ3n) is 4.57. The number of amides is 2. The van der Waals surface area contributed by atoms with Crippen LogP contribution in [0.15, 0.2) is 47.1 Å². The number of carbonyl (C=O) groups excluding carboxylic acids is 3. The second-order valence-electron chi connectivity index (χ2n) is 6.94. The summed E-state index contributed by atoms with van der Waals surface area (Å²) in [6.45, 7) is 1.01. The highest BCUT2D eigenvalue weighted by Gasteiger charge is 2.19. The summed E-state index contributed by atoms with van der Waals surface area (Å²) in [6.07, 6.45) is 1.35. The first kappa shape index (κ1) is 23.0. The first-order valence-electron chi connectivity index (χ1n) is 9.59. The maximum absolute atomic E-state index is 13.8. The van der Waals surface area contributed by atoms with Gasteiger partial charge in [-0.05, 0) is 42.8 Å². The summed E-state index contributed by atoms with van der Waals surface area (Å²) in [5.74, 6) is -6.57. The number of thiazole rings is 1. The van der Waals surface area contributed by atoms with Gasteiger partial charge in [0, 0.05) is 5.69 Å². The summed E-state index contributed by atoms with van der Waals surface area (Å²) in [4.78, 5) is 40.4. The van der Waals surface area contributed by atoms with Crippen LogP contribution >= 0.6 is 11.3 Å². The number of aromatic nitrogens is 1. The molecule has 2 heterocycles. The van der Waals surface area contributed by atoms with Gasteiger partial charge in [-0.3, -0.25) is 14.9 Å². The van der Waals surface area contributed by atoms with E-state index in [0.717, 1.165) is 17.4 Å². The van der Waals surface area contributed by atoms with E-state index < -0.39 is 47.4 Å². The Balaban J connectivity index is 1.39. The number of esters is 1. The van der Waals surface area contributed by atoms with E-state index in [1.54, 1.807) is 19.1 Å². The van der Waals surface area contributed by atoms with Crippen molar-refractivity contribution in [2.75, 3.05) is 17.2 Å². The van der Waals surface area contributed by atoms with Crippen molar-refractivity contribution in [1.29, 1.82) is 0 Å². The molecule has 0 saturated carbocycles. The molecule has 0 aliphatic rings. The molecule has 8 nitrogen and oxygen atoms in total. The van der Waals surface area contributed by atoms with E-state index >= 15 is 0 Å². The Kier molecular flexibility index (Phi) is 6.32. The topological polar surface area (TPSA) is 111 Å². The van der Waals surface area contributed by atoms with Crippen LogP contribution in [0.4, 0.5) is 24.0 Å². The van der Waals surface area contributed by atoms with Gasteiger partial charge in [0.25, 0.3) is 11.8 Å². The molecular formula is C22H14F3N3O5S. The zero-order valence-corrected chi connectivity index (χ0v) is 18.1. The average molecular weight is 489 g/mol. The van der Waals surface area contributed by atoms with Gasteiger partial charge in [0.1, 0.15) is 5.52 Å². The van der Waals surface area contributed by atoms with Crippen LogP contribution in [0, 0.1) is 24.4 Å². The maximum atomic E-state index is 13.8. The summed E-state index contributed by atoms with van der Waals surface area (Å²) in [5, 5.41) is 4.77. The molecule has 0 fully saturated rings. The van der Waals surface area contributed by atoms with Crippen molar-refractivity contribution in [3.63, 3.8) is 0 Å². The monoisotopic (exact) mass is 489 g/mol. The fraction of sp³-hybridized carbons (Fsp3) is 0.0909. The van der Waals surface area contributed by atoms with Crippen LogP contribution in [0.1, 0.15) is 26.5 Å². The lowest BCUT2D eigenvalue weighted by molar-refractivity contribution is -0.119. The van der Waals surface area contributed by atoms with E-state index in [1.807, 2.05) is 0 Å². The number of rotatable bonds is 6. The van der Waals surface area contributed by atoms with E-state index in [2.05, 4.69) is 15.6 Å². The number of ether oxygens (including phenoxy) is 1. The maximum Gasteiger partial charge on any atom is 0.338 e. The Morgan fingerprint density at radius 3 is 2.62 bits per heavy atom. The van der Waals surface area contributed by atoms with Gasteiger partial charge in [-0.1, -0.05) is 17.4 Å². The molecule has 0 aliphatic heterocycles. The second-order valence-corrected chi connectivity index (χ2v) is 7.97. The van der Waals surface area contributed by atoms with Gasteiger partial charge in [0.2, 0.25) is 0 Å². The Labute approximate surface area is 193 Å². The smallest absolute Gasteiger partial charge is 0.338 e. The molecule has 34 heavy (non-hydrogen) atoms. The molecule has 0 unspecified atom stereocenters. The minimum absolute atomic E-state index is 0.00697. The standard InChI is InChI=1S/C22H14F3N3O5S/c1-10-4-5-11(7-13(10)26-20(30)14-3-2-6-32-14)21(31)33-9-16(29)27-22-28-19-15(34-22)8-12(23)17(24)18(19)25/h2-8H,9H2,1H3,(H,26,30)(H,27,28,29). The normalized spacial score (nSPS) is 10.8. The third-order valence-corrected chi connectivity index (χ3v) is 5.49. The van der Waals surface area contributed by atoms with E-state index in [1.165, 1.54) is 24.5 Å². The molecule has 0 radical (unpaired) electrons. The van der Waals surface area contributed by atoms with E-state index in [9.17, 15) is 27.6 Å². The first-order valence-corrected chi connectivity index (χ1v) is 10.4. The van der Waals surface area contributed by atoms with E-state index in [-0.39, 0.29) is 21.2 Å².